The summed E-state index contributed by atoms with van der Waals surface area (Å²) in [6.45, 7) is 44.2. The van der Waals surface area contributed by atoms with Crippen LogP contribution in [-0.2, 0) is 6.42 Å². The zero-order chi connectivity index (χ0) is 70.6. The number of imidazole rings is 1. The average molecular weight is 1350 g/mol. The Morgan fingerprint density at radius 1 is 0.608 bits per heavy atom. The van der Waals surface area contributed by atoms with Gasteiger partial charge in [-0.05, 0) is 195 Å². The van der Waals surface area contributed by atoms with Gasteiger partial charge in [0.05, 0.1) is 27.2 Å². The normalized spacial score (nSPS) is 13.4. The number of aromatic nitrogens is 8. The quantitative estimate of drug-likeness (QED) is 0.141. The highest BCUT2D eigenvalue weighted by Gasteiger charge is 2.24. The summed E-state index contributed by atoms with van der Waals surface area (Å²) < 4.78 is 15.5. The van der Waals surface area contributed by atoms with Gasteiger partial charge >= 0.3 is 0 Å². The van der Waals surface area contributed by atoms with E-state index in [1.165, 1.54) is 59.8 Å². The Kier molecular flexibility index (Phi) is 28.5. The number of aliphatic imine (C=N–C) groups is 2. The molecule has 1 saturated heterocycles. The number of hydrogen-bond acceptors (Lipinski definition) is 10. The maximum Gasteiger partial charge on any atom is 0.253 e. The summed E-state index contributed by atoms with van der Waals surface area (Å²) in [5, 5.41) is 8.67. The van der Waals surface area contributed by atoms with E-state index in [9.17, 15) is 4.79 Å². The molecule has 1 fully saturated rings. The van der Waals surface area contributed by atoms with Gasteiger partial charge in [0.25, 0.3) is 5.91 Å². The summed E-state index contributed by atoms with van der Waals surface area (Å²) in [4.78, 5) is 38.5. The number of allylic oxidation sites excluding steroid dienone is 1. The fourth-order valence-corrected chi connectivity index (χ4v) is 12.1. The molecule has 14 nitrogen and oxygen atoms in total. The van der Waals surface area contributed by atoms with E-state index in [1.54, 1.807) is 23.7 Å². The smallest absolute Gasteiger partial charge is 0.253 e. The first-order valence-electron chi connectivity index (χ1n) is 34.6. The van der Waals surface area contributed by atoms with Gasteiger partial charge < -0.3 is 27.9 Å². The van der Waals surface area contributed by atoms with E-state index in [1.807, 2.05) is 77.8 Å². The molecule has 0 atom stereocenters. The van der Waals surface area contributed by atoms with Gasteiger partial charge in [0, 0.05) is 151 Å². The number of fused-ring (bicyclic) bond motifs is 5. The van der Waals surface area contributed by atoms with Gasteiger partial charge in [0.2, 0.25) is 0 Å². The first kappa shape index (κ1) is 76.1. The molecule has 14 rings (SSSR count). The lowest BCUT2D eigenvalue weighted by atomic mass is 10.0. The van der Waals surface area contributed by atoms with Crippen LogP contribution in [0.1, 0.15) is 197 Å². The van der Waals surface area contributed by atoms with Crippen LogP contribution in [0.25, 0.3) is 43.1 Å². The van der Waals surface area contributed by atoms with Gasteiger partial charge in [-0.2, -0.15) is 5.10 Å². The third kappa shape index (κ3) is 21.9. The number of hydrogen-bond donors (Lipinski definition) is 0. The second-order valence-electron chi connectivity index (χ2n) is 27.6. The first-order valence-corrected chi connectivity index (χ1v) is 35.8. The molecule has 16 heteroatoms. The minimum Gasteiger partial charge on any atom is -0.440 e. The fraction of sp³-hybridized carbons (Fsp3) is 0.420. The maximum atomic E-state index is 12.6. The van der Waals surface area contributed by atoms with Crippen molar-refractivity contribution in [2.75, 3.05) is 33.2 Å². The number of benzene rings is 5. The van der Waals surface area contributed by atoms with Gasteiger partial charge in [-0.15, -0.1) is 11.3 Å². The Morgan fingerprint density at radius 3 is 1.86 bits per heavy atom. The molecule has 0 saturated carbocycles. The number of carbonyl (C=O) groups is 1. The second-order valence-corrected chi connectivity index (χ2v) is 29.0. The number of aryl methyl sites for hydroxylation is 3. The lowest BCUT2D eigenvalue weighted by Gasteiger charge is -2.32. The van der Waals surface area contributed by atoms with Crippen LogP contribution in [0.2, 0.25) is 5.02 Å². The van der Waals surface area contributed by atoms with Gasteiger partial charge in [0.15, 0.2) is 11.5 Å². The molecule has 0 bridgehead atoms. The van der Waals surface area contributed by atoms with Crippen molar-refractivity contribution in [3.05, 3.63) is 209 Å². The Bertz CT molecular complexity index is 4240. The number of rotatable bonds is 9. The van der Waals surface area contributed by atoms with Crippen LogP contribution in [0.5, 0.6) is 0 Å². The first-order chi connectivity index (χ1) is 46.2. The highest BCUT2D eigenvalue weighted by molar-refractivity contribution is 7.18. The van der Waals surface area contributed by atoms with Crippen LogP contribution in [0.3, 0.4) is 0 Å². The van der Waals surface area contributed by atoms with Gasteiger partial charge in [-0.25, -0.2) is 15.0 Å². The average Bonchev–Trinajstić information content (AvgIpc) is 1.77. The number of nitrogens with zero attached hydrogens (tertiary/aromatic N) is 12. The van der Waals surface area contributed by atoms with Crippen molar-refractivity contribution in [1.29, 1.82) is 0 Å². The fourth-order valence-electron chi connectivity index (χ4n) is 11.0. The molecule has 0 radical (unpaired) electrons. The SMILES string of the molecule is CC(C)C1=NC=CC1.CC(C)C1=Nc2ccc(C(=O)N3CCN(C)CC3)cc2C1.CC(C)n1ccc2ccccc21.CC(C)n1cccn1.CC(C)n1ccnc1.Cc1cc2ccccc2n1C(C)C.Cc1cc2oc(C(C)C)nc2cc1Cl.Cc1ccc2sc(C(C)C)nc2c1. The minimum atomic E-state index is 0.156. The number of halogens is 1. The van der Waals surface area contributed by atoms with Crippen LogP contribution in [0.15, 0.2) is 179 Å². The van der Waals surface area contributed by atoms with Gasteiger partial charge in [-0.1, -0.05) is 116 Å². The molecule has 0 aliphatic carbocycles. The molecule has 0 unspecified atom stereocenters. The van der Waals surface area contributed by atoms with Crippen LogP contribution in [-0.4, -0.2) is 98.8 Å². The topological polar surface area (TPSA) is 133 Å². The molecular weight excluding hydrogens is 1240 g/mol. The number of carbonyl (C=O) groups excluding carboxylic acids is 1. The van der Waals surface area contributed by atoms with E-state index in [4.69, 9.17) is 16.0 Å². The monoisotopic (exact) mass is 1350 g/mol. The standard InChI is InChI=1S/C17H23N3O.C12H15N.C11H12ClNO.C11H13NS.C11H13N.C7H11N.2C6H10N2/c1-12(2)16-11-14-10-13(4-5-15(14)18-16)17(21)20-8-6-19(3)7-9-20;1-9(2)13-10(3)8-11-6-4-5-7-12(11)13;1-6(2)11-13-9-5-8(12)7(3)4-10(9)14-11;1-7(2)11-12-9-6-8(3)4-5-10(9)13-11;1-9(2)12-8-7-10-5-3-4-6-11(10)12;1-6(2)7-4-3-5-8-7;1-6(2)8-4-3-7-5-8;1-6(2)8-5-3-4-7-8/h4-5,10,12H,6-9,11H2,1-3H3;4-9H,1-3H3;4-6H,1-3H3;4-7H,1-3H3;3-9H,1-2H3;3,5-6H,4H2,1-2H3;2*3-6H,1-2H3. The van der Waals surface area contributed by atoms with E-state index < -0.39 is 0 Å². The van der Waals surface area contributed by atoms with Crippen LogP contribution < -0.4 is 0 Å². The number of amides is 1. The Morgan fingerprint density at radius 2 is 1.30 bits per heavy atom. The summed E-state index contributed by atoms with van der Waals surface area (Å²) in [7, 11) is 2.10. The van der Waals surface area contributed by atoms with Gasteiger partial charge in [-0.3, -0.25) is 19.5 Å². The van der Waals surface area contributed by atoms with E-state index in [-0.39, 0.29) is 5.91 Å². The molecule has 9 heterocycles. The number of para-hydroxylation sites is 2. The predicted molar refractivity (Wildman–Crippen MR) is 412 cm³/mol. The molecule has 1 amide bonds. The summed E-state index contributed by atoms with van der Waals surface area (Å²) in [5.74, 6) is 2.86. The zero-order valence-electron chi connectivity index (χ0n) is 61.4. The molecule has 3 aliphatic heterocycles. The molecule has 0 N–H and O–H groups in total. The van der Waals surface area contributed by atoms with E-state index in [0.717, 1.165) is 83.4 Å². The third-order valence-corrected chi connectivity index (χ3v) is 18.6. The second kappa shape index (κ2) is 36.4. The van der Waals surface area contributed by atoms with Crippen molar-refractivity contribution in [3.63, 3.8) is 0 Å². The summed E-state index contributed by atoms with van der Waals surface area (Å²) in [6, 6.07) is 41.6. The van der Waals surface area contributed by atoms with E-state index >= 15 is 0 Å². The summed E-state index contributed by atoms with van der Waals surface area (Å²) in [5.41, 5.74) is 14.7. The van der Waals surface area contributed by atoms with Crippen LogP contribution in [0.4, 0.5) is 5.69 Å². The molecule has 3 aliphatic rings. The van der Waals surface area contributed by atoms with Crippen LogP contribution in [0, 0.1) is 32.6 Å². The van der Waals surface area contributed by atoms with E-state index in [0.29, 0.717) is 47.8 Å². The van der Waals surface area contributed by atoms with Crippen molar-refractivity contribution in [1.82, 2.24) is 48.2 Å². The Balaban J connectivity index is 0.000000160. The summed E-state index contributed by atoms with van der Waals surface area (Å²) >= 11 is 7.80. The Hall–Kier alpha value is -8.24. The molecule has 5 aromatic carbocycles. The van der Waals surface area contributed by atoms with Crippen molar-refractivity contribution in [2.45, 2.75) is 180 Å². The zero-order valence-corrected chi connectivity index (χ0v) is 63.0. The third-order valence-electron chi connectivity index (χ3n) is 16.8. The number of thiazole rings is 1. The maximum absolute atomic E-state index is 12.6. The molecule has 6 aromatic heterocycles. The molecule has 97 heavy (non-hydrogen) atoms. The lowest BCUT2D eigenvalue weighted by molar-refractivity contribution is 0.0664. The molecule has 0 spiro atoms. The Labute approximate surface area is 587 Å². The number of oxazole rings is 1. The molecule has 11 aromatic rings. The lowest BCUT2D eigenvalue weighted by Crippen LogP contribution is -2.47. The van der Waals surface area contributed by atoms with Crippen molar-refractivity contribution in [2.24, 2.45) is 21.8 Å². The minimum absolute atomic E-state index is 0.156. The summed E-state index contributed by atoms with van der Waals surface area (Å²) in [6.07, 6.45) is 17.4. The largest absolute Gasteiger partial charge is 0.440 e. The highest BCUT2D eigenvalue weighted by Crippen LogP contribution is 2.32. The van der Waals surface area contributed by atoms with Crippen LogP contribution >= 0.6 is 22.9 Å². The molecular formula is C81H107ClN12O2S. The predicted octanol–water partition coefficient (Wildman–Crippen LogP) is 21.7. The van der Waals surface area contributed by atoms with Crippen molar-refractivity contribution in [3.8, 4) is 0 Å². The highest BCUT2D eigenvalue weighted by atomic mass is 35.5. The van der Waals surface area contributed by atoms with E-state index in [2.05, 4.69) is 271 Å². The van der Waals surface area contributed by atoms with Crippen molar-refractivity contribution < 1.29 is 9.21 Å². The molecule has 516 valence electrons. The number of likely N-dealkylation sites (N-methyl/N-ethyl adjacent to an activating group) is 1. The van der Waals surface area contributed by atoms with Gasteiger partial charge in [0.1, 0.15) is 5.52 Å². The number of piperazine rings is 1. The van der Waals surface area contributed by atoms with Crippen molar-refractivity contribution >= 4 is 89.1 Å².